The van der Waals surface area contributed by atoms with Crippen molar-refractivity contribution in [1.82, 2.24) is 0 Å². The molecule has 65 heavy (non-hydrogen) atoms. The minimum Gasteiger partial charge on any atom is -0.456 e. The summed E-state index contributed by atoms with van der Waals surface area (Å²) in [7, 11) is 0. The van der Waals surface area contributed by atoms with Crippen LogP contribution in [0.15, 0.2) is 245 Å². The van der Waals surface area contributed by atoms with E-state index in [0.29, 0.717) is 0 Å². The van der Waals surface area contributed by atoms with Crippen molar-refractivity contribution in [3.05, 3.63) is 237 Å². The molecule has 11 aromatic carbocycles. The van der Waals surface area contributed by atoms with Crippen LogP contribution in [0.1, 0.15) is 0 Å². The predicted octanol–water partition coefficient (Wildman–Crippen LogP) is 17.9. The van der Waals surface area contributed by atoms with Gasteiger partial charge in [0, 0.05) is 22.0 Å². The molecule has 3 heteroatoms. The lowest BCUT2D eigenvalue weighted by molar-refractivity contribution is 0.669. The van der Waals surface area contributed by atoms with Crippen molar-refractivity contribution in [3.8, 4) is 44.5 Å². The smallest absolute Gasteiger partial charge is 0.145 e. The SMILES string of the molecule is c1ccc(-c2ccc3c(c2)oc2cccc(N(c4ccc(-c5ccc6ccc7ccccc7c6c5)cc4)c4ccc(-c5ccccc5)c5oc6cc(-c7ccccc7)ccc6c45)c23)cc1. The van der Waals surface area contributed by atoms with Crippen LogP contribution in [0.3, 0.4) is 0 Å². The first-order valence-corrected chi connectivity index (χ1v) is 22.1. The first-order chi connectivity index (χ1) is 32.2. The highest BCUT2D eigenvalue weighted by Crippen LogP contribution is 2.50. The summed E-state index contributed by atoms with van der Waals surface area (Å²) in [6.07, 6.45) is 0. The van der Waals surface area contributed by atoms with E-state index in [1.54, 1.807) is 0 Å². The number of rotatable bonds is 7. The van der Waals surface area contributed by atoms with E-state index in [1.165, 1.54) is 27.1 Å². The second kappa shape index (κ2) is 15.0. The molecular weight excluding hydrogens is 791 g/mol. The topological polar surface area (TPSA) is 29.5 Å². The molecule has 0 atom stereocenters. The van der Waals surface area contributed by atoms with E-state index in [2.05, 4.69) is 241 Å². The first-order valence-electron chi connectivity index (χ1n) is 22.1. The number of anilines is 3. The molecule has 0 aliphatic rings. The van der Waals surface area contributed by atoms with Gasteiger partial charge in [-0.05, 0) is 127 Å². The van der Waals surface area contributed by atoms with E-state index < -0.39 is 0 Å². The molecular formula is C62H39NO2. The van der Waals surface area contributed by atoms with E-state index in [-0.39, 0.29) is 0 Å². The largest absolute Gasteiger partial charge is 0.456 e. The number of benzene rings is 11. The van der Waals surface area contributed by atoms with Crippen molar-refractivity contribution in [1.29, 1.82) is 0 Å². The molecule has 0 radical (unpaired) electrons. The molecule has 0 fully saturated rings. The van der Waals surface area contributed by atoms with Crippen molar-refractivity contribution in [2.45, 2.75) is 0 Å². The summed E-state index contributed by atoms with van der Waals surface area (Å²) in [5.41, 5.74) is 15.4. The number of nitrogens with zero attached hydrogens (tertiary/aromatic N) is 1. The van der Waals surface area contributed by atoms with Crippen molar-refractivity contribution >= 4 is 82.5 Å². The summed E-state index contributed by atoms with van der Waals surface area (Å²) in [5, 5.41) is 9.19. The predicted molar refractivity (Wildman–Crippen MR) is 272 cm³/mol. The molecule has 2 heterocycles. The van der Waals surface area contributed by atoms with Crippen LogP contribution in [0.2, 0.25) is 0 Å². The van der Waals surface area contributed by atoms with Gasteiger partial charge in [0.2, 0.25) is 0 Å². The summed E-state index contributed by atoms with van der Waals surface area (Å²) >= 11 is 0. The Balaban J connectivity index is 1.05. The molecule has 0 amide bonds. The van der Waals surface area contributed by atoms with Crippen LogP contribution in [-0.4, -0.2) is 0 Å². The molecule has 0 spiro atoms. The quantitative estimate of drug-likeness (QED) is 0.150. The summed E-state index contributed by atoms with van der Waals surface area (Å²) in [6, 6.07) is 84.5. The molecule has 0 saturated heterocycles. The highest BCUT2D eigenvalue weighted by molar-refractivity contribution is 6.20. The fourth-order valence-electron chi connectivity index (χ4n) is 9.90. The van der Waals surface area contributed by atoms with Crippen molar-refractivity contribution < 1.29 is 8.83 Å². The molecule has 0 unspecified atom stereocenters. The van der Waals surface area contributed by atoms with Crippen molar-refractivity contribution in [2.24, 2.45) is 0 Å². The number of hydrogen-bond donors (Lipinski definition) is 0. The molecule has 0 aliphatic heterocycles. The summed E-state index contributed by atoms with van der Waals surface area (Å²) in [5.74, 6) is 0. The number of hydrogen-bond acceptors (Lipinski definition) is 3. The van der Waals surface area contributed by atoms with Crippen LogP contribution in [-0.2, 0) is 0 Å². The van der Waals surface area contributed by atoms with Gasteiger partial charge in [0.25, 0.3) is 0 Å². The van der Waals surface area contributed by atoms with Crippen LogP contribution in [0.5, 0.6) is 0 Å². The van der Waals surface area contributed by atoms with Gasteiger partial charge < -0.3 is 13.7 Å². The molecule has 2 aromatic heterocycles. The van der Waals surface area contributed by atoms with Gasteiger partial charge in [0.1, 0.15) is 22.3 Å². The van der Waals surface area contributed by atoms with E-state index in [4.69, 9.17) is 8.83 Å². The second-order valence-electron chi connectivity index (χ2n) is 16.8. The molecule has 13 aromatic rings. The van der Waals surface area contributed by atoms with Crippen LogP contribution >= 0.6 is 0 Å². The van der Waals surface area contributed by atoms with Crippen molar-refractivity contribution in [2.75, 3.05) is 4.90 Å². The molecule has 0 N–H and O–H groups in total. The maximum absolute atomic E-state index is 7.06. The van der Waals surface area contributed by atoms with Crippen LogP contribution in [0.25, 0.3) is 110 Å². The molecule has 0 aliphatic carbocycles. The summed E-state index contributed by atoms with van der Waals surface area (Å²) < 4.78 is 13.8. The highest BCUT2D eigenvalue weighted by Gasteiger charge is 2.25. The van der Waals surface area contributed by atoms with E-state index in [1.807, 2.05) is 0 Å². The van der Waals surface area contributed by atoms with Crippen LogP contribution in [0, 0.1) is 0 Å². The normalized spacial score (nSPS) is 11.7. The van der Waals surface area contributed by atoms with E-state index in [0.717, 1.165) is 99.9 Å². The summed E-state index contributed by atoms with van der Waals surface area (Å²) in [4.78, 5) is 2.40. The third kappa shape index (κ3) is 6.20. The Morgan fingerprint density at radius 1 is 0.277 bits per heavy atom. The average molecular weight is 830 g/mol. The van der Waals surface area contributed by atoms with E-state index >= 15 is 0 Å². The monoisotopic (exact) mass is 829 g/mol. The van der Waals surface area contributed by atoms with Gasteiger partial charge in [-0.15, -0.1) is 0 Å². The first kappa shape index (κ1) is 36.9. The third-order valence-electron chi connectivity index (χ3n) is 13.1. The van der Waals surface area contributed by atoms with Crippen molar-refractivity contribution in [3.63, 3.8) is 0 Å². The van der Waals surface area contributed by atoms with Gasteiger partial charge in [-0.1, -0.05) is 170 Å². The zero-order valence-corrected chi connectivity index (χ0v) is 35.3. The lowest BCUT2D eigenvalue weighted by atomic mass is 9.96. The lowest BCUT2D eigenvalue weighted by Crippen LogP contribution is -2.11. The third-order valence-corrected chi connectivity index (χ3v) is 13.1. The average Bonchev–Trinajstić information content (AvgIpc) is 3.96. The van der Waals surface area contributed by atoms with Gasteiger partial charge in [0.15, 0.2) is 0 Å². The fraction of sp³-hybridized carbons (Fsp3) is 0. The number of furan rings is 2. The van der Waals surface area contributed by atoms with Gasteiger partial charge in [-0.3, -0.25) is 0 Å². The molecule has 304 valence electrons. The highest BCUT2D eigenvalue weighted by atomic mass is 16.3. The van der Waals surface area contributed by atoms with Crippen LogP contribution in [0.4, 0.5) is 17.1 Å². The minimum atomic E-state index is 0.828. The Hall–Kier alpha value is -8.66. The Morgan fingerprint density at radius 3 is 1.51 bits per heavy atom. The number of fused-ring (bicyclic) bond motifs is 9. The van der Waals surface area contributed by atoms with Gasteiger partial charge in [0.05, 0.1) is 22.1 Å². The molecule has 0 saturated carbocycles. The van der Waals surface area contributed by atoms with Crippen LogP contribution < -0.4 is 4.90 Å². The Labute approximate surface area is 375 Å². The zero-order valence-electron chi connectivity index (χ0n) is 35.3. The zero-order chi connectivity index (χ0) is 42.8. The Kier molecular flexibility index (Phi) is 8.53. The molecule has 0 bridgehead atoms. The van der Waals surface area contributed by atoms with Gasteiger partial charge in [-0.25, -0.2) is 0 Å². The Bertz CT molecular complexity index is 3920. The second-order valence-corrected chi connectivity index (χ2v) is 16.8. The van der Waals surface area contributed by atoms with Gasteiger partial charge in [-0.2, -0.15) is 0 Å². The van der Waals surface area contributed by atoms with E-state index in [9.17, 15) is 0 Å². The Morgan fingerprint density at radius 2 is 0.800 bits per heavy atom. The standard InChI is InChI=1S/C62H39NO2/c1-4-13-40(14-5-1)47-29-33-52-58(38-47)64-57-22-12-21-55(60(52)57)63(49-31-27-42(28-32-49)46-26-25-45-24-23-44-19-10-11-20-50(44)54(45)37-46)56-36-35-51(43-17-8-3-9-18-43)62-61(56)53-34-30-48(39-59(53)65-62)41-15-6-2-7-16-41/h1-39H. The maximum atomic E-state index is 7.06. The van der Waals surface area contributed by atoms with Gasteiger partial charge >= 0.3 is 0 Å². The molecule has 3 nitrogen and oxygen atoms in total. The lowest BCUT2D eigenvalue weighted by Gasteiger charge is -2.27. The summed E-state index contributed by atoms with van der Waals surface area (Å²) in [6.45, 7) is 0. The minimum absolute atomic E-state index is 0.828. The fourth-order valence-corrected chi connectivity index (χ4v) is 9.90. The molecule has 13 rings (SSSR count). The maximum Gasteiger partial charge on any atom is 0.145 e.